The van der Waals surface area contributed by atoms with E-state index in [0.717, 1.165) is 21.9 Å². The van der Waals surface area contributed by atoms with Gasteiger partial charge in [-0.3, -0.25) is 9.59 Å². The zero-order chi connectivity index (χ0) is 20.9. The second-order valence-electron chi connectivity index (χ2n) is 6.87. The molecule has 1 heterocycles. The lowest BCUT2D eigenvalue weighted by Gasteiger charge is -2.09. The Morgan fingerprint density at radius 3 is 2.23 bits per heavy atom. The summed E-state index contributed by atoms with van der Waals surface area (Å²) < 4.78 is 5.79. The van der Waals surface area contributed by atoms with Gasteiger partial charge in [0, 0.05) is 5.56 Å². The summed E-state index contributed by atoms with van der Waals surface area (Å²) in [6.45, 7) is 2.21. The van der Waals surface area contributed by atoms with Crippen LogP contribution in [0, 0.1) is 0 Å². The monoisotopic (exact) mass is 396 g/mol. The molecule has 0 spiro atoms. The Morgan fingerprint density at radius 1 is 0.933 bits per heavy atom. The molecule has 0 atom stereocenters. The molecule has 1 aliphatic rings. The molecule has 3 aromatic rings. The van der Waals surface area contributed by atoms with Crippen LogP contribution in [0.15, 0.2) is 95.6 Å². The van der Waals surface area contributed by atoms with Crippen molar-refractivity contribution in [3.63, 3.8) is 0 Å². The Balaban J connectivity index is 1.46. The highest BCUT2D eigenvalue weighted by Crippen LogP contribution is 2.22. The predicted octanol–water partition coefficient (Wildman–Crippen LogP) is 4.71. The normalized spacial score (nSPS) is 14.7. The maximum absolute atomic E-state index is 12.8. The van der Waals surface area contributed by atoms with Gasteiger partial charge in [-0.05, 0) is 48.4 Å². The Morgan fingerprint density at radius 2 is 1.57 bits per heavy atom. The molecule has 0 saturated heterocycles. The van der Waals surface area contributed by atoms with Crippen molar-refractivity contribution >= 4 is 23.6 Å². The van der Waals surface area contributed by atoms with E-state index in [-0.39, 0.29) is 0 Å². The first-order valence-corrected chi connectivity index (χ1v) is 9.60. The SMILES string of the molecule is CC1=NN(C(=O)c2ccccc2)C(=O)/C1=C/c1ccc(OCc2ccccc2)cc1. The predicted molar refractivity (Wildman–Crippen MR) is 116 cm³/mol. The fourth-order valence-corrected chi connectivity index (χ4v) is 3.09. The lowest BCUT2D eigenvalue weighted by Crippen LogP contribution is -2.29. The van der Waals surface area contributed by atoms with Crippen LogP contribution < -0.4 is 4.74 Å². The number of ether oxygens (including phenoxy) is 1. The molecular weight excluding hydrogens is 376 g/mol. The van der Waals surface area contributed by atoms with E-state index in [1.807, 2.05) is 60.7 Å². The third-order valence-electron chi connectivity index (χ3n) is 4.72. The highest BCUT2D eigenvalue weighted by atomic mass is 16.5. The van der Waals surface area contributed by atoms with Crippen molar-refractivity contribution in [1.82, 2.24) is 5.01 Å². The number of carbonyl (C=O) groups is 2. The largest absolute Gasteiger partial charge is 0.489 e. The van der Waals surface area contributed by atoms with Crippen molar-refractivity contribution in [3.05, 3.63) is 107 Å². The van der Waals surface area contributed by atoms with Crippen LogP contribution in [0.4, 0.5) is 0 Å². The summed E-state index contributed by atoms with van der Waals surface area (Å²) in [5.41, 5.74) is 3.25. The number of nitrogens with zero attached hydrogens (tertiary/aromatic N) is 2. The molecule has 0 radical (unpaired) electrons. The van der Waals surface area contributed by atoms with Crippen LogP contribution in [-0.2, 0) is 11.4 Å². The van der Waals surface area contributed by atoms with E-state index in [2.05, 4.69) is 5.10 Å². The molecule has 0 unspecified atom stereocenters. The van der Waals surface area contributed by atoms with E-state index in [1.54, 1.807) is 37.3 Å². The number of hydrazone groups is 1. The van der Waals surface area contributed by atoms with Gasteiger partial charge in [0.15, 0.2) is 0 Å². The second kappa shape index (κ2) is 8.57. The number of carbonyl (C=O) groups excluding carboxylic acids is 2. The lowest BCUT2D eigenvalue weighted by atomic mass is 10.1. The van der Waals surface area contributed by atoms with Gasteiger partial charge in [0.2, 0.25) is 0 Å². The summed E-state index contributed by atoms with van der Waals surface area (Å²) in [4.78, 5) is 25.3. The minimum absolute atomic E-state index is 0.400. The van der Waals surface area contributed by atoms with Gasteiger partial charge >= 0.3 is 0 Å². The van der Waals surface area contributed by atoms with E-state index in [0.29, 0.717) is 23.5 Å². The minimum Gasteiger partial charge on any atom is -0.489 e. The van der Waals surface area contributed by atoms with Crippen LogP contribution >= 0.6 is 0 Å². The molecule has 0 aromatic heterocycles. The number of rotatable bonds is 5. The first-order valence-electron chi connectivity index (χ1n) is 9.60. The molecule has 5 nitrogen and oxygen atoms in total. The van der Waals surface area contributed by atoms with E-state index in [4.69, 9.17) is 4.74 Å². The summed E-state index contributed by atoms with van der Waals surface area (Å²) in [6, 6.07) is 26.0. The smallest absolute Gasteiger partial charge is 0.283 e. The Hall–Kier alpha value is -3.99. The fraction of sp³-hybridized carbons (Fsp3) is 0.0800. The maximum Gasteiger partial charge on any atom is 0.283 e. The van der Waals surface area contributed by atoms with Crippen LogP contribution in [0.1, 0.15) is 28.4 Å². The molecule has 0 bridgehead atoms. The summed E-state index contributed by atoms with van der Waals surface area (Å²) in [5.74, 6) is -0.121. The van der Waals surface area contributed by atoms with E-state index in [9.17, 15) is 9.59 Å². The highest BCUT2D eigenvalue weighted by molar-refractivity contribution is 6.30. The van der Waals surface area contributed by atoms with Crippen LogP contribution in [0.25, 0.3) is 6.08 Å². The van der Waals surface area contributed by atoms with Crippen molar-refractivity contribution in [3.8, 4) is 5.75 Å². The van der Waals surface area contributed by atoms with Crippen molar-refractivity contribution in [2.75, 3.05) is 0 Å². The molecule has 3 aromatic carbocycles. The number of imide groups is 1. The third kappa shape index (κ3) is 4.20. The van der Waals surface area contributed by atoms with Crippen LogP contribution in [0.2, 0.25) is 0 Å². The first kappa shape index (κ1) is 19.3. The van der Waals surface area contributed by atoms with Gasteiger partial charge in [-0.2, -0.15) is 10.1 Å². The molecule has 0 N–H and O–H groups in total. The van der Waals surface area contributed by atoms with E-state index >= 15 is 0 Å². The summed E-state index contributed by atoms with van der Waals surface area (Å²) in [7, 11) is 0. The number of hydrogen-bond donors (Lipinski definition) is 0. The third-order valence-corrected chi connectivity index (χ3v) is 4.72. The molecule has 5 heteroatoms. The van der Waals surface area contributed by atoms with E-state index < -0.39 is 11.8 Å². The quantitative estimate of drug-likeness (QED) is 0.464. The summed E-state index contributed by atoms with van der Waals surface area (Å²) in [5, 5.41) is 5.09. The van der Waals surface area contributed by atoms with E-state index in [1.165, 1.54) is 0 Å². The average molecular weight is 396 g/mol. The first-order chi connectivity index (χ1) is 14.6. The van der Waals surface area contributed by atoms with Crippen molar-refractivity contribution in [2.45, 2.75) is 13.5 Å². The molecule has 0 aliphatic carbocycles. The average Bonchev–Trinajstić information content (AvgIpc) is 3.07. The Kier molecular flexibility index (Phi) is 5.52. The molecule has 148 valence electrons. The Labute approximate surface area is 174 Å². The topological polar surface area (TPSA) is 59.0 Å². The molecule has 30 heavy (non-hydrogen) atoms. The van der Waals surface area contributed by atoms with Crippen LogP contribution in [-0.4, -0.2) is 22.5 Å². The van der Waals surface area contributed by atoms with Crippen molar-refractivity contribution in [2.24, 2.45) is 5.10 Å². The van der Waals surface area contributed by atoms with Crippen molar-refractivity contribution in [1.29, 1.82) is 0 Å². The Bertz CT molecular complexity index is 1120. The number of benzene rings is 3. The zero-order valence-electron chi connectivity index (χ0n) is 16.5. The molecule has 0 fully saturated rings. The van der Waals surface area contributed by atoms with Crippen LogP contribution in [0.3, 0.4) is 0 Å². The van der Waals surface area contributed by atoms with Gasteiger partial charge in [-0.25, -0.2) is 0 Å². The van der Waals surface area contributed by atoms with Gasteiger partial charge in [0.25, 0.3) is 11.8 Å². The van der Waals surface area contributed by atoms with Crippen LogP contribution in [0.5, 0.6) is 5.75 Å². The molecule has 4 rings (SSSR count). The molecule has 2 amide bonds. The minimum atomic E-state index is -0.437. The number of amides is 2. The molecular formula is C25H20N2O3. The van der Waals surface area contributed by atoms with Gasteiger partial charge in [-0.15, -0.1) is 0 Å². The summed E-state index contributed by atoms with van der Waals surface area (Å²) in [6.07, 6.45) is 1.74. The highest BCUT2D eigenvalue weighted by Gasteiger charge is 2.32. The molecule has 1 aliphatic heterocycles. The van der Waals surface area contributed by atoms with Gasteiger partial charge in [0.05, 0.1) is 11.3 Å². The number of hydrogen-bond acceptors (Lipinski definition) is 4. The molecule has 0 saturated carbocycles. The fourth-order valence-electron chi connectivity index (χ4n) is 3.09. The summed E-state index contributed by atoms with van der Waals surface area (Å²) >= 11 is 0. The van der Waals surface area contributed by atoms with Gasteiger partial charge < -0.3 is 4.74 Å². The standard InChI is InChI=1S/C25H20N2O3/c1-18-23(25(29)27(26-18)24(28)21-10-6-3-7-11-21)16-19-12-14-22(15-13-19)30-17-20-8-4-2-5-9-20/h2-16H,17H2,1H3/b23-16+. The van der Waals surface area contributed by atoms with Gasteiger partial charge in [-0.1, -0.05) is 60.7 Å². The second-order valence-corrected chi connectivity index (χ2v) is 6.87. The zero-order valence-corrected chi connectivity index (χ0v) is 16.5. The maximum atomic E-state index is 12.8. The van der Waals surface area contributed by atoms with Gasteiger partial charge in [0.1, 0.15) is 12.4 Å². The lowest BCUT2D eigenvalue weighted by molar-refractivity contribution is -0.123. The van der Waals surface area contributed by atoms with Crippen molar-refractivity contribution < 1.29 is 14.3 Å².